The number of ketones is 1. The molecule has 2 aliphatic rings. The molecule has 7 nitrogen and oxygen atoms in total. The Balaban J connectivity index is 1.40. The van der Waals surface area contributed by atoms with E-state index in [1.165, 1.54) is 11.8 Å². The fraction of sp³-hybridized carbons (Fsp3) is 0.318. The molecule has 31 heavy (non-hydrogen) atoms. The number of aromatic nitrogens is 3. The number of halogens is 1. The van der Waals surface area contributed by atoms with Gasteiger partial charge in [-0.1, -0.05) is 35.5 Å². The first-order valence-corrected chi connectivity index (χ1v) is 11.6. The quantitative estimate of drug-likeness (QED) is 0.405. The van der Waals surface area contributed by atoms with Crippen molar-refractivity contribution in [2.45, 2.75) is 18.0 Å². The lowest BCUT2D eigenvalue weighted by Gasteiger charge is -2.19. The van der Waals surface area contributed by atoms with Crippen molar-refractivity contribution in [3.8, 4) is 17.2 Å². The standard InChI is InChI=1S/C22H21ClN4O3S/c23-16-5-1-2-6-17(16)27-21(26-9-3-4-10-26)24-25-22(27)31-14-18(28)15-7-8-19-20(13-15)30-12-11-29-19/h1-2,5-8,13H,3-4,9-12,14H2. The third kappa shape index (κ3) is 4.09. The summed E-state index contributed by atoms with van der Waals surface area (Å²) in [6.07, 6.45) is 2.25. The molecule has 9 heteroatoms. The predicted octanol–water partition coefficient (Wildman–Crippen LogP) is 4.27. The lowest BCUT2D eigenvalue weighted by atomic mass is 10.1. The van der Waals surface area contributed by atoms with Gasteiger partial charge in [0, 0.05) is 18.7 Å². The lowest BCUT2D eigenvalue weighted by Crippen LogP contribution is -2.22. The first-order valence-electron chi connectivity index (χ1n) is 10.2. The van der Waals surface area contributed by atoms with E-state index in [2.05, 4.69) is 15.1 Å². The minimum Gasteiger partial charge on any atom is -0.486 e. The maximum absolute atomic E-state index is 12.9. The molecule has 0 unspecified atom stereocenters. The molecule has 0 bridgehead atoms. The summed E-state index contributed by atoms with van der Waals surface area (Å²) in [5.41, 5.74) is 1.39. The molecule has 0 amide bonds. The van der Waals surface area contributed by atoms with E-state index in [-0.39, 0.29) is 11.5 Å². The van der Waals surface area contributed by atoms with E-state index >= 15 is 0 Å². The fourth-order valence-electron chi connectivity index (χ4n) is 3.75. The van der Waals surface area contributed by atoms with Gasteiger partial charge in [-0.15, -0.1) is 10.2 Å². The second-order valence-corrected chi connectivity index (χ2v) is 8.68. The molecule has 0 atom stereocenters. The van der Waals surface area contributed by atoms with Crippen molar-refractivity contribution in [3.05, 3.63) is 53.1 Å². The Morgan fingerprint density at radius 1 is 1.03 bits per heavy atom. The number of Topliss-reactive ketones (excluding diaryl/α,β-unsaturated/α-hetero) is 1. The molecule has 2 aliphatic heterocycles. The highest BCUT2D eigenvalue weighted by molar-refractivity contribution is 7.99. The summed E-state index contributed by atoms with van der Waals surface area (Å²) in [6.45, 7) is 2.87. The molecular weight excluding hydrogens is 436 g/mol. The van der Waals surface area contributed by atoms with Crippen LogP contribution in [0, 0.1) is 0 Å². The molecule has 0 aliphatic carbocycles. The number of hydrogen-bond acceptors (Lipinski definition) is 7. The number of thioether (sulfide) groups is 1. The molecule has 5 rings (SSSR count). The SMILES string of the molecule is O=C(CSc1nnc(N2CCCC2)n1-c1ccccc1Cl)c1ccc2c(c1)OCCO2. The summed E-state index contributed by atoms with van der Waals surface area (Å²) < 4.78 is 13.1. The summed E-state index contributed by atoms with van der Waals surface area (Å²) >= 11 is 7.85. The average molecular weight is 457 g/mol. The van der Waals surface area contributed by atoms with Crippen molar-refractivity contribution < 1.29 is 14.3 Å². The van der Waals surface area contributed by atoms with E-state index in [4.69, 9.17) is 21.1 Å². The second-order valence-electron chi connectivity index (χ2n) is 7.33. The van der Waals surface area contributed by atoms with Gasteiger partial charge in [-0.25, -0.2) is 0 Å². The summed E-state index contributed by atoms with van der Waals surface area (Å²) in [6, 6.07) is 12.9. The largest absolute Gasteiger partial charge is 0.486 e. The molecule has 0 saturated carbocycles. The molecule has 0 N–H and O–H groups in total. The Morgan fingerprint density at radius 2 is 1.81 bits per heavy atom. The molecule has 0 spiro atoms. The summed E-state index contributed by atoms with van der Waals surface area (Å²) in [5.74, 6) is 2.25. The molecular formula is C22H21ClN4O3S. The van der Waals surface area contributed by atoms with E-state index in [0.29, 0.717) is 40.5 Å². The molecule has 160 valence electrons. The van der Waals surface area contributed by atoms with Gasteiger partial charge >= 0.3 is 0 Å². The van der Waals surface area contributed by atoms with Crippen LogP contribution in [0.3, 0.4) is 0 Å². The van der Waals surface area contributed by atoms with E-state index < -0.39 is 0 Å². The summed E-state index contributed by atoms with van der Waals surface area (Å²) in [7, 11) is 0. The van der Waals surface area contributed by atoms with Crippen LogP contribution in [0.2, 0.25) is 5.02 Å². The number of hydrogen-bond donors (Lipinski definition) is 0. The number of fused-ring (bicyclic) bond motifs is 1. The first kappa shape index (κ1) is 20.2. The van der Waals surface area contributed by atoms with Crippen LogP contribution in [0.5, 0.6) is 11.5 Å². The van der Waals surface area contributed by atoms with Crippen LogP contribution in [0.25, 0.3) is 5.69 Å². The maximum atomic E-state index is 12.9. The summed E-state index contributed by atoms with van der Waals surface area (Å²) in [5, 5.41) is 10.1. The Hall–Kier alpha value is -2.71. The van der Waals surface area contributed by atoms with E-state index in [1.807, 2.05) is 28.8 Å². The van der Waals surface area contributed by atoms with E-state index in [9.17, 15) is 4.79 Å². The van der Waals surface area contributed by atoms with Crippen molar-refractivity contribution in [2.24, 2.45) is 0 Å². The van der Waals surface area contributed by atoms with E-state index in [0.717, 1.165) is 37.6 Å². The van der Waals surface area contributed by atoms with Crippen LogP contribution < -0.4 is 14.4 Å². The van der Waals surface area contributed by atoms with Crippen molar-refractivity contribution in [1.82, 2.24) is 14.8 Å². The molecule has 1 saturated heterocycles. The number of rotatable bonds is 6. The normalized spacial score (nSPS) is 15.3. The van der Waals surface area contributed by atoms with Crippen LogP contribution in [-0.2, 0) is 0 Å². The zero-order valence-corrected chi connectivity index (χ0v) is 18.4. The monoisotopic (exact) mass is 456 g/mol. The average Bonchev–Trinajstić information content (AvgIpc) is 3.47. The van der Waals surface area contributed by atoms with Crippen LogP contribution in [-0.4, -0.2) is 52.6 Å². The Morgan fingerprint density at radius 3 is 2.61 bits per heavy atom. The highest BCUT2D eigenvalue weighted by atomic mass is 35.5. The Labute approximate surface area is 189 Å². The maximum Gasteiger partial charge on any atom is 0.232 e. The predicted molar refractivity (Wildman–Crippen MR) is 120 cm³/mol. The number of ether oxygens (including phenoxy) is 2. The third-order valence-corrected chi connectivity index (χ3v) is 6.54. The highest BCUT2D eigenvalue weighted by Crippen LogP contribution is 2.34. The van der Waals surface area contributed by atoms with Gasteiger partial charge in [-0.05, 0) is 43.2 Å². The Bertz CT molecular complexity index is 1110. The van der Waals surface area contributed by atoms with Crippen LogP contribution in [0.1, 0.15) is 23.2 Å². The molecule has 3 heterocycles. The van der Waals surface area contributed by atoms with Gasteiger partial charge in [-0.3, -0.25) is 9.36 Å². The van der Waals surface area contributed by atoms with Gasteiger partial charge in [0.2, 0.25) is 5.95 Å². The number of anilines is 1. The van der Waals surface area contributed by atoms with Crippen molar-refractivity contribution >= 4 is 35.1 Å². The van der Waals surface area contributed by atoms with Gasteiger partial charge in [0.1, 0.15) is 13.2 Å². The van der Waals surface area contributed by atoms with Crippen molar-refractivity contribution in [2.75, 3.05) is 37.0 Å². The van der Waals surface area contributed by atoms with Gasteiger partial charge in [0.15, 0.2) is 22.4 Å². The molecule has 3 aromatic rings. The minimum absolute atomic E-state index is 0.0154. The fourth-order valence-corrected chi connectivity index (χ4v) is 4.81. The molecule has 0 radical (unpaired) electrons. The van der Waals surface area contributed by atoms with Crippen LogP contribution in [0.15, 0.2) is 47.6 Å². The number of carbonyl (C=O) groups is 1. The van der Waals surface area contributed by atoms with Gasteiger partial charge in [-0.2, -0.15) is 0 Å². The number of para-hydroxylation sites is 1. The number of carbonyl (C=O) groups excluding carboxylic acids is 1. The minimum atomic E-state index is -0.0154. The molecule has 1 fully saturated rings. The Kier molecular flexibility index (Phi) is 5.74. The van der Waals surface area contributed by atoms with Crippen molar-refractivity contribution in [3.63, 3.8) is 0 Å². The zero-order chi connectivity index (χ0) is 21.2. The molecule has 2 aromatic carbocycles. The van der Waals surface area contributed by atoms with E-state index in [1.54, 1.807) is 18.2 Å². The second kappa shape index (κ2) is 8.80. The smallest absolute Gasteiger partial charge is 0.232 e. The number of benzene rings is 2. The van der Waals surface area contributed by atoms with Crippen LogP contribution in [0.4, 0.5) is 5.95 Å². The van der Waals surface area contributed by atoms with Gasteiger partial charge in [0.05, 0.1) is 16.5 Å². The first-order chi connectivity index (χ1) is 15.2. The summed E-state index contributed by atoms with van der Waals surface area (Å²) in [4.78, 5) is 15.1. The van der Waals surface area contributed by atoms with Gasteiger partial charge in [0.25, 0.3) is 0 Å². The van der Waals surface area contributed by atoms with Crippen LogP contribution >= 0.6 is 23.4 Å². The van der Waals surface area contributed by atoms with Crippen molar-refractivity contribution in [1.29, 1.82) is 0 Å². The number of nitrogens with zero attached hydrogens (tertiary/aromatic N) is 4. The molecule has 1 aromatic heterocycles. The van der Waals surface area contributed by atoms with Gasteiger partial charge < -0.3 is 14.4 Å². The topological polar surface area (TPSA) is 69.5 Å². The zero-order valence-electron chi connectivity index (χ0n) is 16.8. The highest BCUT2D eigenvalue weighted by Gasteiger charge is 2.24. The lowest BCUT2D eigenvalue weighted by molar-refractivity contribution is 0.102. The third-order valence-electron chi connectivity index (χ3n) is 5.30.